The second-order valence-corrected chi connectivity index (χ2v) is 7.87. The van der Waals surface area contributed by atoms with Crippen molar-refractivity contribution in [2.45, 2.75) is 13.8 Å². The molecule has 0 aliphatic carbocycles. The second-order valence-electron chi connectivity index (χ2n) is 7.87. The molecule has 0 radical (unpaired) electrons. The fourth-order valence-corrected chi connectivity index (χ4v) is 4.14. The summed E-state index contributed by atoms with van der Waals surface area (Å²) in [6.45, 7) is 3.77. The summed E-state index contributed by atoms with van der Waals surface area (Å²) >= 11 is 0. The maximum atomic E-state index is 13.1. The zero-order chi connectivity index (χ0) is 22.6. The average molecular weight is 424 g/mol. The average Bonchev–Trinajstić information content (AvgIpc) is 3.08. The van der Waals surface area contributed by atoms with E-state index < -0.39 is 0 Å². The number of para-hydroxylation sites is 1. The van der Waals surface area contributed by atoms with E-state index in [0.29, 0.717) is 38.8 Å². The van der Waals surface area contributed by atoms with Crippen LogP contribution in [-0.4, -0.2) is 39.8 Å². The molecule has 3 aromatic carbocycles. The van der Waals surface area contributed by atoms with Crippen LogP contribution in [0.5, 0.6) is 0 Å². The van der Waals surface area contributed by atoms with E-state index in [0.717, 1.165) is 16.2 Å². The van der Waals surface area contributed by atoms with Crippen molar-refractivity contribution in [3.8, 4) is 5.69 Å². The number of rotatable bonds is 3. The predicted molar refractivity (Wildman–Crippen MR) is 123 cm³/mol. The van der Waals surface area contributed by atoms with Crippen LogP contribution in [0.3, 0.4) is 0 Å². The number of aromatic amines is 1. The van der Waals surface area contributed by atoms with Gasteiger partial charge in [0.1, 0.15) is 0 Å². The van der Waals surface area contributed by atoms with Crippen LogP contribution in [0.1, 0.15) is 37.5 Å². The van der Waals surface area contributed by atoms with Crippen molar-refractivity contribution < 1.29 is 9.59 Å². The monoisotopic (exact) mass is 424 g/mol. The number of aromatic nitrogens is 2. The summed E-state index contributed by atoms with van der Waals surface area (Å²) in [5.41, 5.74) is 4.21. The molecule has 5 rings (SSSR count). The van der Waals surface area contributed by atoms with Crippen LogP contribution in [0.2, 0.25) is 0 Å². The lowest BCUT2D eigenvalue weighted by molar-refractivity contribution is 0.0650. The summed E-state index contributed by atoms with van der Waals surface area (Å²) in [7, 11) is 1.48. The predicted octanol–water partition coefficient (Wildman–Crippen LogP) is 3.91. The molecule has 2 amide bonds. The minimum absolute atomic E-state index is 0.199. The molecule has 0 atom stereocenters. The van der Waals surface area contributed by atoms with Crippen LogP contribution in [0.25, 0.3) is 16.5 Å². The Morgan fingerprint density at radius 3 is 2.34 bits per heavy atom. The molecule has 0 saturated carbocycles. The fourth-order valence-electron chi connectivity index (χ4n) is 4.14. The number of benzene rings is 3. The van der Waals surface area contributed by atoms with Crippen molar-refractivity contribution in [3.05, 3.63) is 92.9 Å². The van der Waals surface area contributed by atoms with Gasteiger partial charge in [-0.15, -0.1) is 0 Å². The Labute approximate surface area is 183 Å². The Morgan fingerprint density at radius 1 is 0.875 bits per heavy atom. The molecule has 1 aromatic heterocycles. The van der Waals surface area contributed by atoms with Gasteiger partial charge in [-0.25, -0.2) is 4.68 Å². The summed E-state index contributed by atoms with van der Waals surface area (Å²) in [6.07, 6.45) is 1.53. The molecule has 0 saturated heterocycles. The van der Waals surface area contributed by atoms with Crippen molar-refractivity contribution in [1.82, 2.24) is 14.7 Å². The molecule has 2 heterocycles. The molecule has 32 heavy (non-hydrogen) atoms. The maximum Gasteiger partial charge on any atom is 0.280 e. The van der Waals surface area contributed by atoms with Crippen LogP contribution in [0.4, 0.5) is 5.69 Å². The third kappa shape index (κ3) is 2.82. The van der Waals surface area contributed by atoms with Crippen LogP contribution >= 0.6 is 0 Å². The minimum atomic E-state index is -0.336. The molecular weight excluding hydrogens is 404 g/mol. The number of H-pyrrole nitrogens is 1. The number of hydrogen-bond donors (Lipinski definition) is 1. The summed E-state index contributed by atoms with van der Waals surface area (Å²) in [4.78, 5) is 43.9. The number of nitrogens with zero attached hydrogens (tertiary/aromatic N) is 3. The molecule has 0 fully saturated rings. The van der Waals surface area contributed by atoms with E-state index in [1.807, 2.05) is 44.2 Å². The number of imide groups is 1. The molecule has 7 nitrogen and oxygen atoms in total. The molecule has 1 aliphatic rings. The Bertz CT molecular complexity index is 1500. The van der Waals surface area contributed by atoms with E-state index in [1.54, 1.807) is 24.3 Å². The maximum absolute atomic E-state index is 13.1. The van der Waals surface area contributed by atoms with Gasteiger partial charge in [0.25, 0.3) is 17.4 Å². The number of aryl methyl sites for hydroxylation is 2. The number of carbonyl (C=O) groups is 2. The van der Waals surface area contributed by atoms with E-state index in [1.165, 1.54) is 17.9 Å². The van der Waals surface area contributed by atoms with Gasteiger partial charge in [0.05, 0.1) is 16.9 Å². The van der Waals surface area contributed by atoms with Crippen LogP contribution < -0.4 is 5.56 Å². The van der Waals surface area contributed by atoms with E-state index in [4.69, 9.17) is 0 Å². The fraction of sp³-hybridized carbons (Fsp3) is 0.120. The summed E-state index contributed by atoms with van der Waals surface area (Å²) in [5.74, 6) is -0.673. The van der Waals surface area contributed by atoms with Crippen molar-refractivity contribution in [3.63, 3.8) is 0 Å². The van der Waals surface area contributed by atoms with Crippen LogP contribution in [-0.2, 0) is 0 Å². The SMILES string of the molecule is Cc1ccccc1-n1[nH]c(C)c(C=Nc2ccc3c4c(cccc24)C(=O)N(C)C3=O)c1=O. The Kier molecular flexibility index (Phi) is 4.41. The van der Waals surface area contributed by atoms with Gasteiger partial charge < -0.3 is 0 Å². The lowest BCUT2D eigenvalue weighted by Crippen LogP contribution is -2.36. The zero-order valence-corrected chi connectivity index (χ0v) is 17.8. The number of hydrogen-bond acceptors (Lipinski definition) is 4. The number of aliphatic imine (C=N–C) groups is 1. The van der Waals surface area contributed by atoms with Gasteiger partial charge in [-0.05, 0) is 43.7 Å². The van der Waals surface area contributed by atoms with Crippen molar-refractivity contribution in [1.29, 1.82) is 0 Å². The number of amides is 2. The van der Waals surface area contributed by atoms with Crippen molar-refractivity contribution in [2.75, 3.05) is 7.05 Å². The van der Waals surface area contributed by atoms with Gasteiger partial charge in [-0.3, -0.25) is 29.4 Å². The largest absolute Gasteiger partial charge is 0.295 e. The van der Waals surface area contributed by atoms with Crippen LogP contribution in [0, 0.1) is 13.8 Å². The number of carbonyl (C=O) groups excluding carboxylic acids is 2. The third-order valence-electron chi connectivity index (χ3n) is 5.89. The lowest BCUT2D eigenvalue weighted by Gasteiger charge is -2.24. The molecule has 4 aromatic rings. The highest BCUT2D eigenvalue weighted by Gasteiger charge is 2.30. The van der Waals surface area contributed by atoms with E-state index >= 15 is 0 Å². The highest BCUT2D eigenvalue weighted by molar-refractivity contribution is 6.26. The second kappa shape index (κ2) is 7.16. The molecule has 1 aliphatic heterocycles. The Hall–Kier alpha value is -4.26. The van der Waals surface area contributed by atoms with Crippen molar-refractivity contribution >= 4 is 34.5 Å². The van der Waals surface area contributed by atoms with Gasteiger partial charge in [0.15, 0.2) is 0 Å². The summed E-state index contributed by atoms with van der Waals surface area (Å²) in [5, 5.41) is 4.40. The van der Waals surface area contributed by atoms with E-state index in [2.05, 4.69) is 10.1 Å². The highest BCUT2D eigenvalue weighted by atomic mass is 16.2. The van der Waals surface area contributed by atoms with Gasteiger partial charge in [0.2, 0.25) is 0 Å². The molecule has 0 bridgehead atoms. The van der Waals surface area contributed by atoms with Crippen LogP contribution in [0.15, 0.2) is 64.4 Å². The van der Waals surface area contributed by atoms with Gasteiger partial charge >= 0.3 is 0 Å². The molecular formula is C25H20N4O3. The molecule has 1 N–H and O–H groups in total. The van der Waals surface area contributed by atoms with Gasteiger partial charge in [-0.1, -0.05) is 30.3 Å². The first kappa shape index (κ1) is 19.7. The Balaban J connectivity index is 1.63. The van der Waals surface area contributed by atoms with Gasteiger partial charge in [-0.2, -0.15) is 0 Å². The molecule has 0 unspecified atom stereocenters. The smallest absolute Gasteiger partial charge is 0.280 e. The van der Waals surface area contributed by atoms with E-state index in [9.17, 15) is 14.4 Å². The molecule has 0 spiro atoms. The quantitative estimate of drug-likeness (QED) is 0.400. The van der Waals surface area contributed by atoms with E-state index in [-0.39, 0.29) is 17.4 Å². The normalized spacial score (nSPS) is 13.5. The standard InChI is InChI=1S/C25H20N4O3/c1-14-7-4-5-10-21(14)29-25(32)19(15(2)27-29)13-26-20-12-11-18-22-16(20)8-6-9-17(22)23(30)28(3)24(18)31/h4-13,27H,1-3H3. The lowest BCUT2D eigenvalue weighted by atomic mass is 9.93. The van der Waals surface area contributed by atoms with Crippen molar-refractivity contribution in [2.24, 2.45) is 4.99 Å². The first-order valence-electron chi connectivity index (χ1n) is 10.2. The highest BCUT2D eigenvalue weighted by Crippen LogP contribution is 2.35. The first-order chi connectivity index (χ1) is 15.4. The molecule has 7 heteroatoms. The van der Waals surface area contributed by atoms with Gasteiger partial charge in [0, 0.05) is 40.9 Å². The topological polar surface area (TPSA) is 87.5 Å². The summed E-state index contributed by atoms with van der Waals surface area (Å²) < 4.78 is 1.51. The molecule has 158 valence electrons. The summed E-state index contributed by atoms with van der Waals surface area (Å²) in [6, 6.07) is 16.4. The minimum Gasteiger partial charge on any atom is -0.295 e. The number of nitrogens with one attached hydrogen (secondary N) is 1. The zero-order valence-electron chi connectivity index (χ0n) is 17.8. The third-order valence-corrected chi connectivity index (χ3v) is 5.89. The Morgan fingerprint density at radius 2 is 1.59 bits per heavy atom. The first-order valence-corrected chi connectivity index (χ1v) is 10.2.